The van der Waals surface area contributed by atoms with Crippen molar-refractivity contribution in [2.24, 2.45) is 17.8 Å². The number of rotatable bonds is 9. The van der Waals surface area contributed by atoms with Gasteiger partial charge in [0.2, 0.25) is 5.91 Å². The molecular weight excluding hydrogens is 523 g/mol. The molecule has 0 spiro atoms. The predicted octanol–water partition coefficient (Wildman–Crippen LogP) is 8.88. The van der Waals surface area contributed by atoms with E-state index in [0.29, 0.717) is 24.8 Å². The summed E-state index contributed by atoms with van der Waals surface area (Å²) in [5.74, 6) is 0.667. The molecule has 220 valence electrons. The van der Waals surface area contributed by atoms with E-state index in [4.69, 9.17) is 4.74 Å². The number of amides is 1. The molecule has 1 saturated heterocycles. The number of carbonyl (C=O) groups is 1. The van der Waals surface area contributed by atoms with Crippen molar-refractivity contribution < 1.29 is 22.7 Å². The molecule has 3 unspecified atom stereocenters. The Bertz CT molecular complexity index is 1290. The van der Waals surface area contributed by atoms with Gasteiger partial charge in [0.15, 0.2) is 0 Å². The number of ether oxygens (including phenoxy) is 1. The van der Waals surface area contributed by atoms with Crippen LogP contribution in [-0.4, -0.2) is 23.9 Å². The lowest BCUT2D eigenvalue weighted by Gasteiger charge is -2.48. The highest BCUT2D eigenvalue weighted by Crippen LogP contribution is 2.46. The van der Waals surface area contributed by atoms with Crippen molar-refractivity contribution in [1.29, 1.82) is 0 Å². The molecule has 0 aromatic heterocycles. The highest BCUT2D eigenvalue weighted by atomic mass is 19.4. The number of likely N-dealkylation sites (tertiary alicyclic amines) is 1. The van der Waals surface area contributed by atoms with Gasteiger partial charge in [0.25, 0.3) is 0 Å². The van der Waals surface area contributed by atoms with Crippen molar-refractivity contribution >= 4 is 5.91 Å². The number of nitrogens with zero attached hydrogens (tertiary/aromatic N) is 1. The van der Waals surface area contributed by atoms with E-state index < -0.39 is 17.3 Å². The molecule has 41 heavy (non-hydrogen) atoms. The van der Waals surface area contributed by atoms with E-state index >= 15 is 0 Å². The van der Waals surface area contributed by atoms with E-state index in [2.05, 4.69) is 39.8 Å². The van der Waals surface area contributed by atoms with Gasteiger partial charge in [0.05, 0.1) is 11.5 Å². The maximum absolute atomic E-state index is 13.9. The molecule has 1 aliphatic rings. The molecule has 4 rings (SSSR count). The third kappa shape index (κ3) is 6.97. The predicted molar refractivity (Wildman–Crippen MR) is 158 cm³/mol. The lowest BCUT2D eigenvalue weighted by molar-refractivity contribution is -0.138. The summed E-state index contributed by atoms with van der Waals surface area (Å²) in [6, 6.07) is 23.2. The van der Waals surface area contributed by atoms with Crippen molar-refractivity contribution in [1.82, 2.24) is 4.90 Å². The largest absolute Gasteiger partial charge is 0.482 e. The Labute approximate surface area is 242 Å². The Morgan fingerprint density at radius 3 is 2.20 bits per heavy atom. The lowest BCUT2D eigenvalue weighted by Crippen LogP contribution is -2.53. The quantitative estimate of drug-likeness (QED) is 0.259. The van der Waals surface area contributed by atoms with Gasteiger partial charge in [-0.15, -0.1) is 0 Å². The zero-order chi connectivity index (χ0) is 29.8. The monoisotopic (exact) mass is 565 g/mol. The van der Waals surface area contributed by atoms with Crippen LogP contribution in [0.1, 0.15) is 75.6 Å². The fourth-order valence-electron chi connectivity index (χ4n) is 6.31. The zero-order valence-electron chi connectivity index (χ0n) is 24.7. The first kappa shape index (κ1) is 30.7. The molecular formula is C35H42F3NO2. The van der Waals surface area contributed by atoms with E-state index in [1.54, 1.807) is 0 Å². The van der Waals surface area contributed by atoms with Crippen molar-refractivity contribution in [2.75, 3.05) is 13.1 Å². The summed E-state index contributed by atoms with van der Waals surface area (Å²) in [6.07, 6.45) is -1.78. The first-order valence-corrected chi connectivity index (χ1v) is 14.7. The third-order valence-electron chi connectivity index (χ3n) is 8.36. The highest BCUT2D eigenvalue weighted by molar-refractivity contribution is 5.83. The van der Waals surface area contributed by atoms with Crippen molar-refractivity contribution in [3.05, 3.63) is 101 Å². The number of hydrogen-bond donors (Lipinski definition) is 0. The summed E-state index contributed by atoms with van der Waals surface area (Å²) >= 11 is 0. The molecule has 0 radical (unpaired) electrons. The molecule has 3 atom stereocenters. The van der Waals surface area contributed by atoms with Gasteiger partial charge in [-0.25, -0.2) is 0 Å². The molecule has 3 aromatic carbocycles. The molecule has 0 bridgehead atoms. The molecule has 6 heteroatoms. The Kier molecular flexibility index (Phi) is 9.51. The summed E-state index contributed by atoms with van der Waals surface area (Å²) in [5.41, 5.74) is 1.68. The minimum atomic E-state index is -4.41. The Balaban J connectivity index is 1.64. The van der Waals surface area contributed by atoms with Gasteiger partial charge >= 0.3 is 6.18 Å². The number of benzene rings is 3. The van der Waals surface area contributed by atoms with E-state index in [0.717, 1.165) is 42.5 Å². The van der Waals surface area contributed by atoms with E-state index in [1.807, 2.05) is 54.3 Å². The van der Waals surface area contributed by atoms with Gasteiger partial charge in [0.1, 0.15) is 11.4 Å². The molecule has 1 amide bonds. The topological polar surface area (TPSA) is 29.5 Å². The molecule has 0 aliphatic carbocycles. The zero-order valence-corrected chi connectivity index (χ0v) is 24.7. The summed E-state index contributed by atoms with van der Waals surface area (Å²) in [4.78, 5) is 15.8. The van der Waals surface area contributed by atoms with Crippen LogP contribution in [0.5, 0.6) is 5.75 Å². The van der Waals surface area contributed by atoms with Crippen LogP contribution in [-0.2, 0) is 23.0 Å². The number of carbonyl (C=O) groups excluding carboxylic acids is 1. The van der Waals surface area contributed by atoms with Gasteiger partial charge in [-0.05, 0) is 79.0 Å². The minimum absolute atomic E-state index is 0.0163. The van der Waals surface area contributed by atoms with E-state index in [9.17, 15) is 18.0 Å². The van der Waals surface area contributed by atoms with Crippen LogP contribution in [0.4, 0.5) is 13.2 Å². The smallest absolute Gasteiger partial charge is 0.416 e. The normalized spacial score (nSPS) is 18.3. The van der Waals surface area contributed by atoms with E-state index in [1.165, 1.54) is 17.7 Å². The molecule has 1 heterocycles. The molecule has 3 aromatic rings. The second kappa shape index (κ2) is 12.7. The summed E-state index contributed by atoms with van der Waals surface area (Å²) in [7, 11) is 0. The summed E-state index contributed by atoms with van der Waals surface area (Å²) in [6.45, 7) is 11.7. The van der Waals surface area contributed by atoms with Crippen molar-refractivity contribution in [3.63, 3.8) is 0 Å². The molecule has 0 N–H and O–H groups in total. The molecule has 1 fully saturated rings. The van der Waals surface area contributed by atoms with Crippen LogP contribution in [0.3, 0.4) is 0 Å². The molecule has 3 nitrogen and oxygen atoms in total. The van der Waals surface area contributed by atoms with Crippen LogP contribution in [0.25, 0.3) is 0 Å². The van der Waals surface area contributed by atoms with Crippen LogP contribution >= 0.6 is 0 Å². The second-order valence-electron chi connectivity index (χ2n) is 12.1. The average Bonchev–Trinajstić information content (AvgIpc) is 2.95. The van der Waals surface area contributed by atoms with Gasteiger partial charge in [0, 0.05) is 19.0 Å². The number of halogens is 3. The Morgan fingerprint density at radius 2 is 1.59 bits per heavy atom. The van der Waals surface area contributed by atoms with Gasteiger partial charge in [-0.1, -0.05) is 82.3 Å². The first-order chi connectivity index (χ1) is 19.4. The SMILES string of the molecule is CC(C)Cc1cccc(C(C)C(=O)N2CCCC(C(Oc3ccc(C(F)(F)F)cc3)(c3ccccc3)C(C)C)C2)c1. The van der Waals surface area contributed by atoms with Crippen LogP contribution in [0.2, 0.25) is 0 Å². The first-order valence-electron chi connectivity index (χ1n) is 14.7. The maximum Gasteiger partial charge on any atom is 0.416 e. The summed E-state index contributed by atoms with van der Waals surface area (Å²) in [5, 5.41) is 0. The maximum atomic E-state index is 13.9. The minimum Gasteiger partial charge on any atom is -0.482 e. The Hall–Kier alpha value is -3.28. The molecule has 1 aliphatic heterocycles. The van der Waals surface area contributed by atoms with Gasteiger partial charge < -0.3 is 9.64 Å². The fraction of sp³-hybridized carbons (Fsp3) is 0.457. The molecule has 0 saturated carbocycles. The van der Waals surface area contributed by atoms with Gasteiger partial charge in [-0.2, -0.15) is 13.2 Å². The van der Waals surface area contributed by atoms with Crippen LogP contribution in [0.15, 0.2) is 78.9 Å². The standard InChI is InChI=1S/C35H42F3NO2/c1-24(2)21-27-11-9-12-28(22-27)26(5)33(40)39-20-10-15-31(23-39)34(25(3)4,29-13-7-6-8-14-29)41-32-18-16-30(17-19-32)35(36,37)38/h6-9,11-14,16-19,22,24-26,31H,10,15,20-21,23H2,1-5H3. The number of hydrogen-bond acceptors (Lipinski definition) is 2. The van der Waals surface area contributed by atoms with E-state index in [-0.39, 0.29) is 23.7 Å². The number of piperidine rings is 1. The third-order valence-corrected chi connectivity index (χ3v) is 8.36. The van der Waals surface area contributed by atoms with Crippen LogP contribution in [0, 0.1) is 17.8 Å². The van der Waals surface area contributed by atoms with Crippen molar-refractivity contribution in [2.45, 2.75) is 71.6 Å². The lowest BCUT2D eigenvalue weighted by atomic mass is 9.70. The Morgan fingerprint density at radius 1 is 0.902 bits per heavy atom. The summed E-state index contributed by atoms with van der Waals surface area (Å²) < 4.78 is 46.5. The number of alkyl halides is 3. The fourth-order valence-corrected chi connectivity index (χ4v) is 6.31. The highest BCUT2D eigenvalue weighted by Gasteiger charge is 2.48. The second-order valence-corrected chi connectivity index (χ2v) is 12.1. The van der Waals surface area contributed by atoms with Crippen LogP contribution < -0.4 is 4.74 Å². The van der Waals surface area contributed by atoms with Gasteiger partial charge in [-0.3, -0.25) is 4.79 Å². The van der Waals surface area contributed by atoms with Crippen molar-refractivity contribution in [3.8, 4) is 5.75 Å². The average molecular weight is 566 g/mol.